The fourth-order valence-electron chi connectivity index (χ4n) is 4.21. The molecule has 3 aromatic rings. The first-order valence-electron chi connectivity index (χ1n) is 10.3. The summed E-state index contributed by atoms with van der Waals surface area (Å²) >= 11 is 0. The summed E-state index contributed by atoms with van der Waals surface area (Å²) in [6.07, 6.45) is 0. The zero-order chi connectivity index (χ0) is 22.9. The van der Waals surface area contributed by atoms with Gasteiger partial charge in [-0.15, -0.1) is 0 Å². The van der Waals surface area contributed by atoms with Crippen LogP contribution in [-0.4, -0.2) is 37.2 Å². The molecule has 1 atom stereocenters. The maximum Gasteiger partial charge on any atom is 0.331 e. The van der Waals surface area contributed by atoms with Gasteiger partial charge in [-0.25, -0.2) is 17.5 Å². The molecule has 0 N–H and O–H groups in total. The fourth-order valence-corrected chi connectivity index (χ4v) is 5.81. The maximum absolute atomic E-state index is 13.8. The van der Waals surface area contributed by atoms with Crippen molar-refractivity contribution in [1.82, 2.24) is 4.31 Å². The molecule has 32 heavy (non-hydrogen) atoms. The van der Waals surface area contributed by atoms with Crippen LogP contribution in [-0.2, 0) is 29.8 Å². The Labute approximate surface area is 187 Å². The Hall–Kier alpha value is -3.45. The Kier molecular flexibility index (Phi) is 5.60. The number of hydrogen-bond acceptors (Lipinski definition) is 5. The first-order chi connectivity index (χ1) is 15.3. The normalized spacial score (nSPS) is 17.5. The molecular weight excluding hydrogens is 426 g/mol. The van der Waals surface area contributed by atoms with Gasteiger partial charge in [-0.05, 0) is 37.1 Å². The lowest BCUT2D eigenvalue weighted by atomic mass is 9.63. The molecule has 3 aromatic carbocycles. The van der Waals surface area contributed by atoms with Crippen molar-refractivity contribution >= 4 is 21.9 Å². The second kappa shape index (κ2) is 8.24. The first-order valence-corrected chi connectivity index (χ1v) is 11.7. The Morgan fingerprint density at radius 3 is 1.88 bits per heavy atom. The van der Waals surface area contributed by atoms with Crippen LogP contribution in [0.2, 0.25) is 0 Å². The third-order valence-corrected chi connectivity index (χ3v) is 7.49. The first kappa shape index (κ1) is 21.8. The minimum absolute atomic E-state index is 0.0551. The van der Waals surface area contributed by atoms with Crippen LogP contribution in [0.15, 0.2) is 89.8 Å². The number of carbonyl (C=O) groups excluding carboxylic acids is 2. The molecule has 0 spiro atoms. The van der Waals surface area contributed by atoms with Crippen LogP contribution in [0.5, 0.6) is 0 Å². The standard InChI is InChI=1S/C25H23NO5S/c1-3-31-23(27)22-25(19-10-6-4-7-11-19,20-12-8-5-9-13-20)24(28)26(22)32(29,30)21-16-14-18(2)15-17-21/h4-17,22H,3H2,1-2H3. The summed E-state index contributed by atoms with van der Waals surface area (Å²) in [5.74, 6) is -1.45. The van der Waals surface area contributed by atoms with E-state index in [9.17, 15) is 18.0 Å². The molecule has 164 valence electrons. The van der Waals surface area contributed by atoms with E-state index >= 15 is 0 Å². The van der Waals surface area contributed by atoms with E-state index in [4.69, 9.17) is 4.74 Å². The van der Waals surface area contributed by atoms with Crippen molar-refractivity contribution in [1.29, 1.82) is 0 Å². The van der Waals surface area contributed by atoms with Crippen molar-refractivity contribution in [3.63, 3.8) is 0 Å². The Balaban J connectivity index is 1.94. The summed E-state index contributed by atoms with van der Waals surface area (Å²) in [6, 6.07) is 22.3. The van der Waals surface area contributed by atoms with Gasteiger partial charge in [0.15, 0.2) is 6.04 Å². The predicted molar refractivity (Wildman–Crippen MR) is 119 cm³/mol. The number of nitrogens with zero attached hydrogens (tertiary/aromatic N) is 1. The maximum atomic E-state index is 13.8. The summed E-state index contributed by atoms with van der Waals surface area (Å²) in [5.41, 5.74) is 0.435. The molecule has 0 bridgehead atoms. The van der Waals surface area contributed by atoms with Crippen LogP contribution in [0.3, 0.4) is 0 Å². The molecule has 1 unspecified atom stereocenters. The second-order valence-electron chi connectivity index (χ2n) is 7.61. The van der Waals surface area contributed by atoms with Gasteiger partial charge in [0.25, 0.3) is 15.9 Å². The molecular formula is C25H23NO5S. The number of amides is 1. The van der Waals surface area contributed by atoms with E-state index in [0.29, 0.717) is 15.4 Å². The molecule has 1 heterocycles. The van der Waals surface area contributed by atoms with Gasteiger partial charge in [-0.1, -0.05) is 78.4 Å². The van der Waals surface area contributed by atoms with E-state index in [1.165, 1.54) is 12.1 Å². The molecule has 1 aliphatic rings. The topological polar surface area (TPSA) is 80.8 Å². The SMILES string of the molecule is CCOC(=O)C1N(S(=O)(=O)c2ccc(C)cc2)C(=O)C1(c1ccccc1)c1ccccc1. The van der Waals surface area contributed by atoms with Gasteiger partial charge < -0.3 is 4.74 Å². The molecule has 0 aliphatic carbocycles. The van der Waals surface area contributed by atoms with Crippen molar-refractivity contribution in [2.24, 2.45) is 0 Å². The van der Waals surface area contributed by atoms with Crippen LogP contribution in [0.1, 0.15) is 23.6 Å². The van der Waals surface area contributed by atoms with Crippen molar-refractivity contribution in [2.75, 3.05) is 6.61 Å². The third kappa shape index (κ3) is 3.20. The highest BCUT2D eigenvalue weighted by molar-refractivity contribution is 7.89. The molecule has 1 saturated heterocycles. The molecule has 6 nitrogen and oxygen atoms in total. The monoisotopic (exact) mass is 449 g/mol. The summed E-state index contributed by atoms with van der Waals surface area (Å²) in [6.45, 7) is 3.54. The number of β-lactam (4-membered cyclic amide) rings is 1. The van der Waals surface area contributed by atoms with Crippen molar-refractivity contribution in [3.8, 4) is 0 Å². The Bertz CT molecular complexity index is 1200. The van der Waals surface area contributed by atoms with Crippen LogP contribution in [0.4, 0.5) is 0 Å². The Morgan fingerprint density at radius 2 is 1.41 bits per heavy atom. The van der Waals surface area contributed by atoms with E-state index in [-0.39, 0.29) is 11.5 Å². The molecule has 1 aliphatic heterocycles. The number of benzene rings is 3. The molecule has 0 aromatic heterocycles. The minimum Gasteiger partial charge on any atom is -0.464 e. The van der Waals surface area contributed by atoms with Crippen LogP contribution < -0.4 is 0 Å². The number of hydrogen-bond donors (Lipinski definition) is 0. The number of ether oxygens (including phenoxy) is 1. The van der Waals surface area contributed by atoms with Gasteiger partial charge in [-0.3, -0.25) is 4.79 Å². The quantitative estimate of drug-likeness (QED) is 0.425. The average Bonchev–Trinajstić information content (AvgIpc) is 2.79. The lowest BCUT2D eigenvalue weighted by molar-refractivity contribution is -0.167. The zero-order valence-electron chi connectivity index (χ0n) is 17.8. The summed E-state index contributed by atoms with van der Waals surface area (Å²) < 4.78 is 33.0. The lowest BCUT2D eigenvalue weighted by Crippen LogP contribution is -2.76. The van der Waals surface area contributed by atoms with E-state index in [0.717, 1.165) is 5.56 Å². The van der Waals surface area contributed by atoms with Crippen molar-refractivity contribution < 1.29 is 22.7 Å². The largest absolute Gasteiger partial charge is 0.464 e. The molecule has 1 fully saturated rings. The summed E-state index contributed by atoms with van der Waals surface area (Å²) in [7, 11) is -4.28. The molecule has 7 heteroatoms. The van der Waals surface area contributed by atoms with Crippen LogP contribution in [0, 0.1) is 6.92 Å². The minimum atomic E-state index is -4.28. The van der Waals surface area contributed by atoms with E-state index in [1.807, 2.05) is 6.92 Å². The summed E-state index contributed by atoms with van der Waals surface area (Å²) in [5, 5.41) is 0. The van der Waals surface area contributed by atoms with Gasteiger partial charge >= 0.3 is 5.97 Å². The number of esters is 1. The number of sulfonamides is 1. The van der Waals surface area contributed by atoms with Crippen molar-refractivity contribution in [3.05, 3.63) is 102 Å². The summed E-state index contributed by atoms with van der Waals surface area (Å²) in [4.78, 5) is 27.0. The molecule has 4 rings (SSSR count). The Morgan fingerprint density at radius 1 is 0.906 bits per heavy atom. The highest BCUT2D eigenvalue weighted by Crippen LogP contribution is 2.50. The van der Waals surface area contributed by atoms with Crippen molar-refractivity contribution in [2.45, 2.75) is 30.2 Å². The van der Waals surface area contributed by atoms with E-state index in [1.54, 1.807) is 79.7 Å². The average molecular weight is 450 g/mol. The third-order valence-electron chi connectivity index (χ3n) is 5.73. The van der Waals surface area contributed by atoms with Crippen LogP contribution >= 0.6 is 0 Å². The van der Waals surface area contributed by atoms with E-state index < -0.39 is 33.4 Å². The highest BCUT2D eigenvalue weighted by atomic mass is 32.2. The zero-order valence-corrected chi connectivity index (χ0v) is 18.6. The van der Waals surface area contributed by atoms with Crippen LogP contribution in [0.25, 0.3) is 0 Å². The van der Waals surface area contributed by atoms with Gasteiger partial charge in [0.05, 0.1) is 11.5 Å². The smallest absolute Gasteiger partial charge is 0.331 e. The highest BCUT2D eigenvalue weighted by Gasteiger charge is 2.70. The number of carbonyl (C=O) groups is 2. The van der Waals surface area contributed by atoms with E-state index in [2.05, 4.69) is 0 Å². The molecule has 1 amide bonds. The second-order valence-corrected chi connectivity index (χ2v) is 9.43. The fraction of sp³-hybridized carbons (Fsp3) is 0.200. The van der Waals surface area contributed by atoms with Gasteiger partial charge in [0, 0.05) is 0 Å². The number of aryl methyl sites for hydroxylation is 1. The molecule has 0 radical (unpaired) electrons. The molecule has 0 saturated carbocycles. The van der Waals surface area contributed by atoms with Gasteiger partial charge in [-0.2, -0.15) is 0 Å². The predicted octanol–water partition coefficient (Wildman–Crippen LogP) is 3.44. The lowest BCUT2D eigenvalue weighted by Gasteiger charge is -2.53. The van der Waals surface area contributed by atoms with Gasteiger partial charge in [0.1, 0.15) is 5.41 Å². The number of rotatable bonds is 6. The van der Waals surface area contributed by atoms with Gasteiger partial charge in [0.2, 0.25) is 0 Å².